The van der Waals surface area contributed by atoms with Crippen LogP contribution in [-0.2, 0) is 4.74 Å². The number of pyridine rings is 1. The van der Waals surface area contributed by atoms with Crippen LogP contribution >= 0.6 is 11.6 Å². The molecule has 0 spiro atoms. The number of rotatable bonds is 5. The van der Waals surface area contributed by atoms with Crippen LogP contribution in [0.15, 0.2) is 12.1 Å². The molecule has 116 valence electrons. The number of hydrogen-bond acceptors (Lipinski definition) is 6. The van der Waals surface area contributed by atoms with Gasteiger partial charge in [0.05, 0.1) is 12.7 Å². The number of aromatic nitrogens is 1. The number of carbonyl (C=O) groups is 1. The molecule has 1 N–H and O–H groups in total. The van der Waals surface area contributed by atoms with Crippen molar-refractivity contribution in [3.63, 3.8) is 0 Å². The van der Waals surface area contributed by atoms with Gasteiger partial charge >= 0.3 is 5.97 Å². The van der Waals surface area contributed by atoms with E-state index in [2.05, 4.69) is 14.8 Å². The molecule has 2 heterocycles. The average Bonchev–Trinajstić information content (AvgIpc) is 2.52. The lowest BCUT2D eigenvalue weighted by Gasteiger charge is -2.35. The zero-order valence-corrected chi connectivity index (χ0v) is 12.8. The molecule has 1 saturated heterocycles. The van der Waals surface area contributed by atoms with Crippen molar-refractivity contribution in [2.75, 3.05) is 51.3 Å². The molecule has 0 bridgehead atoms. The van der Waals surface area contributed by atoms with Gasteiger partial charge in [-0.1, -0.05) is 11.6 Å². The SMILES string of the molecule is COC(=O)c1cc(Cl)nc(N2CCN(CCCO)CC2)c1. The molecule has 7 heteroatoms. The Morgan fingerprint density at radius 1 is 1.38 bits per heavy atom. The van der Waals surface area contributed by atoms with Crippen molar-refractivity contribution in [3.05, 3.63) is 22.8 Å². The summed E-state index contributed by atoms with van der Waals surface area (Å²) in [5.41, 5.74) is 0.412. The van der Waals surface area contributed by atoms with Gasteiger partial charge in [-0.25, -0.2) is 9.78 Å². The Morgan fingerprint density at radius 3 is 2.71 bits per heavy atom. The Kier molecular flexibility index (Phi) is 5.78. The van der Waals surface area contributed by atoms with E-state index in [-0.39, 0.29) is 11.8 Å². The standard InChI is InChI=1S/C14H20ClN3O3/c1-21-14(20)11-9-12(15)16-13(10-11)18-6-4-17(5-7-18)3-2-8-19/h9-10,19H,2-8H2,1H3. The molecule has 0 atom stereocenters. The number of esters is 1. The fourth-order valence-corrected chi connectivity index (χ4v) is 2.58. The first kappa shape index (κ1) is 16.0. The number of hydrogen-bond donors (Lipinski definition) is 1. The van der Waals surface area contributed by atoms with Crippen molar-refractivity contribution in [1.29, 1.82) is 0 Å². The van der Waals surface area contributed by atoms with Crippen molar-refractivity contribution >= 4 is 23.4 Å². The summed E-state index contributed by atoms with van der Waals surface area (Å²) in [5.74, 6) is 0.284. The molecular formula is C14H20ClN3O3. The largest absolute Gasteiger partial charge is 0.465 e. The highest BCUT2D eigenvalue weighted by molar-refractivity contribution is 6.29. The van der Waals surface area contributed by atoms with Crippen LogP contribution in [0.5, 0.6) is 0 Å². The Balaban J connectivity index is 2.03. The molecule has 0 amide bonds. The maximum absolute atomic E-state index is 11.6. The van der Waals surface area contributed by atoms with Crippen molar-refractivity contribution in [3.8, 4) is 0 Å². The highest BCUT2D eigenvalue weighted by Crippen LogP contribution is 2.20. The predicted octanol–water partition coefficient (Wildman–Crippen LogP) is 1.03. The van der Waals surface area contributed by atoms with Crippen molar-refractivity contribution in [2.24, 2.45) is 0 Å². The van der Waals surface area contributed by atoms with E-state index in [9.17, 15) is 4.79 Å². The normalized spacial score (nSPS) is 16.0. The van der Waals surface area contributed by atoms with E-state index in [0.717, 1.165) is 39.1 Å². The van der Waals surface area contributed by atoms with Gasteiger partial charge in [0, 0.05) is 39.3 Å². The number of nitrogens with zero attached hydrogens (tertiary/aromatic N) is 3. The molecule has 1 fully saturated rings. The molecule has 0 aliphatic carbocycles. The van der Waals surface area contributed by atoms with Gasteiger partial charge in [-0.3, -0.25) is 4.90 Å². The predicted molar refractivity (Wildman–Crippen MR) is 80.9 cm³/mol. The summed E-state index contributed by atoms with van der Waals surface area (Å²) < 4.78 is 4.72. The van der Waals surface area contributed by atoms with E-state index in [1.54, 1.807) is 6.07 Å². The topological polar surface area (TPSA) is 65.9 Å². The summed E-state index contributed by atoms with van der Waals surface area (Å²) >= 11 is 5.98. The summed E-state index contributed by atoms with van der Waals surface area (Å²) in [6.07, 6.45) is 0.794. The number of methoxy groups -OCH3 is 1. The summed E-state index contributed by atoms with van der Waals surface area (Å²) in [7, 11) is 1.34. The van der Waals surface area contributed by atoms with Gasteiger partial charge < -0.3 is 14.7 Å². The number of aliphatic hydroxyl groups is 1. The second-order valence-corrected chi connectivity index (χ2v) is 5.32. The van der Waals surface area contributed by atoms with Crippen LogP contribution in [0.4, 0.5) is 5.82 Å². The van der Waals surface area contributed by atoms with Gasteiger partial charge in [-0.05, 0) is 18.6 Å². The van der Waals surface area contributed by atoms with Gasteiger partial charge in [0.2, 0.25) is 0 Å². The lowest BCUT2D eigenvalue weighted by atomic mass is 10.2. The van der Waals surface area contributed by atoms with Gasteiger partial charge in [-0.15, -0.1) is 0 Å². The highest BCUT2D eigenvalue weighted by Gasteiger charge is 2.19. The smallest absolute Gasteiger partial charge is 0.338 e. The minimum atomic E-state index is -0.415. The minimum Gasteiger partial charge on any atom is -0.465 e. The van der Waals surface area contributed by atoms with Crippen LogP contribution in [0.1, 0.15) is 16.8 Å². The molecule has 6 nitrogen and oxygen atoms in total. The molecule has 1 aromatic heterocycles. The minimum absolute atomic E-state index is 0.221. The maximum Gasteiger partial charge on any atom is 0.338 e. The molecule has 0 saturated carbocycles. The Labute approximate surface area is 129 Å². The van der Waals surface area contributed by atoms with Crippen molar-refractivity contribution in [2.45, 2.75) is 6.42 Å². The summed E-state index contributed by atoms with van der Waals surface area (Å²) in [6, 6.07) is 3.22. The van der Waals surface area contributed by atoms with E-state index < -0.39 is 5.97 Å². The van der Waals surface area contributed by atoms with Crippen LogP contribution in [0, 0.1) is 0 Å². The molecule has 0 unspecified atom stereocenters. The van der Waals surface area contributed by atoms with Crippen LogP contribution in [0.3, 0.4) is 0 Å². The van der Waals surface area contributed by atoms with Crippen LogP contribution in [0.25, 0.3) is 0 Å². The number of carbonyl (C=O) groups excluding carboxylic acids is 1. The molecule has 1 aliphatic rings. The monoisotopic (exact) mass is 313 g/mol. The zero-order chi connectivity index (χ0) is 15.2. The molecule has 0 radical (unpaired) electrons. The third-order valence-corrected chi connectivity index (χ3v) is 3.72. The Bertz CT molecular complexity index is 490. The van der Waals surface area contributed by atoms with E-state index in [0.29, 0.717) is 11.4 Å². The lowest BCUT2D eigenvalue weighted by molar-refractivity contribution is 0.0600. The lowest BCUT2D eigenvalue weighted by Crippen LogP contribution is -2.47. The highest BCUT2D eigenvalue weighted by atomic mass is 35.5. The maximum atomic E-state index is 11.6. The average molecular weight is 314 g/mol. The third kappa shape index (κ3) is 4.30. The van der Waals surface area contributed by atoms with Crippen LogP contribution in [0.2, 0.25) is 5.15 Å². The first-order chi connectivity index (χ1) is 10.1. The van der Waals surface area contributed by atoms with Gasteiger partial charge in [0.25, 0.3) is 0 Å². The fourth-order valence-electron chi connectivity index (χ4n) is 2.38. The number of anilines is 1. The number of aliphatic hydroxyl groups excluding tert-OH is 1. The second kappa shape index (κ2) is 7.59. The van der Waals surface area contributed by atoms with Crippen molar-refractivity contribution in [1.82, 2.24) is 9.88 Å². The molecule has 1 aromatic rings. The van der Waals surface area contributed by atoms with Gasteiger partial charge in [-0.2, -0.15) is 0 Å². The third-order valence-electron chi connectivity index (χ3n) is 3.53. The molecule has 1 aliphatic heterocycles. The number of ether oxygens (including phenoxy) is 1. The Hall–Kier alpha value is -1.37. The fraction of sp³-hybridized carbons (Fsp3) is 0.571. The first-order valence-corrected chi connectivity index (χ1v) is 7.36. The van der Waals surface area contributed by atoms with Gasteiger partial charge in [0.1, 0.15) is 11.0 Å². The second-order valence-electron chi connectivity index (χ2n) is 4.93. The molecular weight excluding hydrogens is 294 g/mol. The quantitative estimate of drug-likeness (QED) is 0.647. The molecule has 2 rings (SSSR count). The first-order valence-electron chi connectivity index (χ1n) is 6.98. The van der Waals surface area contributed by atoms with Crippen molar-refractivity contribution < 1.29 is 14.6 Å². The zero-order valence-electron chi connectivity index (χ0n) is 12.1. The van der Waals surface area contributed by atoms with E-state index in [1.165, 1.54) is 13.2 Å². The molecule has 0 aromatic carbocycles. The Morgan fingerprint density at radius 2 is 2.10 bits per heavy atom. The number of halogens is 1. The summed E-state index contributed by atoms with van der Waals surface area (Å²) in [4.78, 5) is 20.3. The van der Waals surface area contributed by atoms with Crippen LogP contribution in [-0.4, -0.2) is 67.4 Å². The number of piperazine rings is 1. The van der Waals surface area contributed by atoms with E-state index in [4.69, 9.17) is 21.4 Å². The summed E-state index contributed by atoms with van der Waals surface area (Å²) in [5, 5.41) is 9.15. The van der Waals surface area contributed by atoms with E-state index >= 15 is 0 Å². The van der Waals surface area contributed by atoms with Crippen LogP contribution < -0.4 is 4.90 Å². The van der Waals surface area contributed by atoms with Gasteiger partial charge in [0.15, 0.2) is 0 Å². The van der Waals surface area contributed by atoms with E-state index in [1.807, 2.05) is 0 Å². The molecule has 21 heavy (non-hydrogen) atoms. The summed E-state index contributed by atoms with van der Waals surface area (Å²) in [6.45, 7) is 4.57.